The molecule has 0 amide bonds. The van der Waals surface area contributed by atoms with Crippen LogP contribution in [0.1, 0.15) is 6.42 Å². The standard InChI is InChI=1S/C12H23N3O6/c13-5-2-6(14)11(10(19)9(5)18)21-12-8(15)7(17)1-4(3-16)20-12/h1,5-12,16-19H,2-3,13-15H2/t5-,6?,7?,8+,9?,10?,11-,12-/m1/s1. The van der Waals surface area contributed by atoms with Crippen LogP contribution in [-0.2, 0) is 9.47 Å². The van der Waals surface area contributed by atoms with E-state index in [1.165, 1.54) is 6.08 Å². The molecule has 0 aromatic carbocycles. The Morgan fingerprint density at radius 1 is 1.14 bits per heavy atom. The van der Waals surface area contributed by atoms with Gasteiger partial charge in [0.05, 0.1) is 18.2 Å². The second-order valence-electron chi connectivity index (χ2n) is 5.49. The van der Waals surface area contributed by atoms with E-state index in [2.05, 4.69) is 0 Å². The number of aliphatic hydroxyl groups is 4. The Kier molecular flexibility index (Phi) is 5.17. The molecule has 1 fully saturated rings. The van der Waals surface area contributed by atoms with Gasteiger partial charge in [0, 0.05) is 12.1 Å². The topological polar surface area (TPSA) is 177 Å². The van der Waals surface area contributed by atoms with Crippen molar-refractivity contribution in [3.63, 3.8) is 0 Å². The van der Waals surface area contributed by atoms with Gasteiger partial charge in [-0.25, -0.2) is 0 Å². The van der Waals surface area contributed by atoms with E-state index >= 15 is 0 Å². The highest BCUT2D eigenvalue weighted by atomic mass is 16.7. The van der Waals surface area contributed by atoms with Crippen LogP contribution in [0.4, 0.5) is 0 Å². The summed E-state index contributed by atoms with van der Waals surface area (Å²) in [7, 11) is 0. The van der Waals surface area contributed by atoms with Gasteiger partial charge in [-0.1, -0.05) is 0 Å². The van der Waals surface area contributed by atoms with Gasteiger partial charge in [0.1, 0.15) is 24.6 Å². The molecule has 8 atom stereocenters. The first-order valence-electron chi connectivity index (χ1n) is 6.79. The minimum absolute atomic E-state index is 0.116. The number of hydrogen-bond acceptors (Lipinski definition) is 9. The van der Waals surface area contributed by atoms with E-state index in [9.17, 15) is 15.3 Å². The summed E-state index contributed by atoms with van der Waals surface area (Å²) in [5.41, 5.74) is 17.3. The largest absolute Gasteiger partial charge is 0.465 e. The zero-order valence-electron chi connectivity index (χ0n) is 11.4. The smallest absolute Gasteiger partial charge is 0.218 e. The second-order valence-corrected chi connectivity index (χ2v) is 5.49. The van der Waals surface area contributed by atoms with Crippen molar-refractivity contribution in [1.82, 2.24) is 0 Å². The Labute approximate surface area is 121 Å². The maximum absolute atomic E-state index is 10.0. The zero-order chi connectivity index (χ0) is 15.7. The predicted octanol–water partition coefficient (Wildman–Crippen LogP) is -3.93. The summed E-state index contributed by atoms with van der Waals surface area (Å²) < 4.78 is 10.8. The maximum atomic E-state index is 10.0. The van der Waals surface area contributed by atoms with E-state index in [0.29, 0.717) is 0 Å². The van der Waals surface area contributed by atoms with E-state index in [-0.39, 0.29) is 12.2 Å². The van der Waals surface area contributed by atoms with Crippen molar-refractivity contribution in [2.24, 2.45) is 17.2 Å². The molecule has 21 heavy (non-hydrogen) atoms. The normalized spacial score (nSPS) is 47.7. The lowest BCUT2D eigenvalue weighted by Crippen LogP contribution is -2.64. The number of ether oxygens (including phenoxy) is 2. The van der Waals surface area contributed by atoms with Crippen molar-refractivity contribution < 1.29 is 29.9 Å². The summed E-state index contributed by atoms with van der Waals surface area (Å²) in [5, 5.41) is 38.7. The molecule has 0 spiro atoms. The lowest BCUT2D eigenvalue weighted by Gasteiger charge is -2.43. The fourth-order valence-corrected chi connectivity index (χ4v) is 2.56. The predicted molar refractivity (Wildman–Crippen MR) is 71.5 cm³/mol. The third-order valence-electron chi connectivity index (χ3n) is 3.87. The van der Waals surface area contributed by atoms with Crippen LogP contribution in [0.5, 0.6) is 0 Å². The number of rotatable bonds is 3. The van der Waals surface area contributed by atoms with Gasteiger partial charge in [0.25, 0.3) is 0 Å². The zero-order valence-corrected chi connectivity index (χ0v) is 11.4. The van der Waals surface area contributed by atoms with E-state index in [0.717, 1.165) is 0 Å². The van der Waals surface area contributed by atoms with Crippen LogP contribution in [0.2, 0.25) is 0 Å². The summed E-state index contributed by atoms with van der Waals surface area (Å²) in [5.74, 6) is 0.116. The van der Waals surface area contributed by atoms with E-state index in [1.54, 1.807) is 0 Å². The summed E-state index contributed by atoms with van der Waals surface area (Å²) in [6.45, 7) is -0.420. The molecular weight excluding hydrogens is 282 g/mol. The third kappa shape index (κ3) is 3.35. The van der Waals surface area contributed by atoms with Crippen LogP contribution in [-0.4, -0.2) is 75.9 Å². The Hall–Kier alpha value is -0.780. The van der Waals surface area contributed by atoms with E-state index in [1.807, 2.05) is 0 Å². The minimum Gasteiger partial charge on any atom is -0.465 e. The highest BCUT2D eigenvalue weighted by Crippen LogP contribution is 2.25. The van der Waals surface area contributed by atoms with Gasteiger partial charge in [-0.05, 0) is 12.5 Å². The molecule has 122 valence electrons. The molecule has 4 unspecified atom stereocenters. The molecule has 0 bridgehead atoms. The SMILES string of the molecule is NC1C[C@@H](N)C(O)C(O)[C@@H]1O[C@H]1OC(CO)=CC(O)[C@@H]1N. The molecule has 0 aromatic rings. The number of hydrogen-bond donors (Lipinski definition) is 7. The lowest BCUT2D eigenvalue weighted by atomic mass is 9.84. The van der Waals surface area contributed by atoms with Gasteiger partial charge in [0.2, 0.25) is 6.29 Å². The molecule has 1 aliphatic carbocycles. The molecule has 9 heteroatoms. The monoisotopic (exact) mass is 305 g/mol. The molecule has 0 radical (unpaired) electrons. The fourth-order valence-electron chi connectivity index (χ4n) is 2.56. The van der Waals surface area contributed by atoms with Gasteiger partial charge < -0.3 is 47.1 Å². The van der Waals surface area contributed by atoms with Crippen LogP contribution < -0.4 is 17.2 Å². The highest BCUT2D eigenvalue weighted by molar-refractivity contribution is 5.07. The Balaban J connectivity index is 2.08. The minimum atomic E-state index is -1.29. The first-order valence-corrected chi connectivity index (χ1v) is 6.79. The maximum Gasteiger partial charge on any atom is 0.218 e. The van der Waals surface area contributed by atoms with Gasteiger partial charge in [-0.2, -0.15) is 0 Å². The summed E-state index contributed by atoms with van der Waals surface area (Å²) >= 11 is 0. The quantitative estimate of drug-likeness (QED) is 0.274. The van der Waals surface area contributed by atoms with Gasteiger partial charge in [-0.3, -0.25) is 0 Å². The Morgan fingerprint density at radius 2 is 1.81 bits per heavy atom. The molecule has 2 rings (SSSR count). The first-order chi connectivity index (χ1) is 9.85. The molecule has 2 aliphatic rings. The molecular formula is C12H23N3O6. The van der Waals surface area contributed by atoms with Crippen LogP contribution in [0.15, 0.2) is 11.8 Å². The molecule has 1 aliphatic heterocycles. The number of nitrogens with two attached hydrogens (primary N) is 3. The van der Waals surface area contributed by atoms with Crippen molar-refractivity contribution in [3.05, 3.63) is 11.8 Å². The average Bonchev–Trinajstić information content (AvgIpc) is 2.45. The van der Waals surface area contributed by atoms with Crippen LogP contribution in [0.25, 0.3) is 0 Å². The summed E-state index contributed by atoms with van der Waals surface area (Å²) in [4.78, 5) is 0. The first kappa shape index (κ1) is 16.6. The van der Waals surface area contributed by atoms with Crippen LogP contribution >= 0.6 is 0 Å². The van der Waals surface area contributed by atoms with Gasteiger partial charge >= 0.3 is 0 Å². The second kappa shape index (κ2) is 6.55. The molecule has 0 saturated heterocycles. The lowest BCUT2D eigenvalue weighted by molar-refractivity contribution is -0.226. The average molecular weight is 305 g/mol. The van der Waals surface area contributed by atoms with Crippen molar-refractivity contribution in [2.45, 2.75) is 55.3 Å². The summed E-state index contributed by atoms with van der Waals surface area (Å²) in [6, 6.07) is -2.17. The van der Waals surface area contributed by atoms with Crippen molar-refractivity contribution in [3.8, 4) is 0 Å². The van der Waals surface area contributed by atoms with Crippen molar-refractivity contribution in [2.75, 3.05) is 6.61 Å². The van der Waals surface area contributed by atoms with Crippen molar-refractivity contribution >= 4 is 0 Å². The molecule has 0 aromatic heterocycles. The van der Waals surface area contributed by atoms with Crippen LogP contribution in [0.3, 0.4) is 0 Å². The van der Waals surface area contributed by atoms with Crippen LogP contribution in [0, 0.1) is 0 Å². The Bertz CT molecular complexity index is 395. The van der Waals surface area contributed by atoms with E-state index in [4.69, 9.17) is 31.8 Å². The molecule has 1 saturated carbocycles. The van der Waals surface area contributed by atoms with E-state index < -0.39 is 55.4 Å². The number of aliphatic hydroxyl groups excluding tert-OH is 4. The summed E-state index contributed by atoms with van der Waals surface area (Å²) in [6.07, 6.45) is -4.02. The fraction of sp³-hybridized carbons (Fsp3) is 0.833. The van der Waals surface area contributed by atoms with Gasteiger partial charge in [-0.15, -0.1) is 0 Å². The third-order valence-corrected chi connectivity index (χ3v) is 3.87. The Morgan fingerprint density at radius 3 is 2.43 bits per heavy atom. The molecule has 1 heterocycles. The van der Waals surface area contributed by atoms with Gasteiger partial charge in [0.15, 0.2) is 0 Å². The van der Waals surface area contributed by atoms with Crippen molar-refractivity contribution in [1.29, 1.82) is 0 Å². The highest BCUT2D eigenvalue weighted by Gasteiger charge is 2.44. The molecule has 9 nitrogen and oxygen atoms in total. The molecule has 10 N–H and O–H groups in total.